The van der Waals surface area contributed by atoms with Gasteiger partial charge in [0.1, 0.15) is 11.5 Å². The van der Waals surface area contributed by atoms with Gasteiger partial charge in [0.05, 0.1) is 7.11 Å². The summed E-state index contributed by atoms with van der Waals surface area (Å²) in [5, 5.41) is 0. The lowest BCUT2D eigenvalue weighted by Gasteiger charge is -2.19. The molecule has 144 valence electrons. The van der Waals surface area contributed by atoms with Crippen LogP contribution < -0.4 is 9.47 Å². The zero-order valence-corrected chi connectivity index (χ0v) is 16.4. The average Bonchev–Trinajstić information content (AvgIpc) is 2.65. The largest absolute Gasteiger partial charge is 0.497 e. The van der Waals surface area contributed by atoms with Crippen molar-refractivity contribution >= 4 is 11.8 Å². The minimum Gasteiger partial charge on any atom is -0.497 e. The van der Waals surface area contributed by atoms with Crippen LogP contribution in [-0.4, -0.2) is 31.6 Å². The quantitative estimate of drug-likeness (QED) is 0.540. The molecule has 0 saturated carbocycles. The molecule has 2 rings (SSSR count). The van der Waals surface area contributed by atoms with Gasteiger partial charge in [-0.25, -0.2) is 4.79 Å². The molecule has 0 N–H and O–H groups in total. The fraction of sp³-hybridized carbons (Fsp3) is 0.364. The van der Waals surface area contributed by atoms with Crippen LogP contribution in [0.3, 0.4) is 0 Å². The summed E-state index contributed by atoms with van der Waals surface area (Å²) in [4.78, 5) is 24.3. The third kappa shape index (κ3) is 5.84. The van der Waals surface area contributed by atoms with E-state index in [0.29, 0.717) is 17.1 Å². The van der Waals surface area contributed by atoms with Gasteiger partial charge in [0.15, 0.2) is 12.7 Å². The van der Waals surface area contributed by atoms with E-state index in [4.69, 9.17) is 14.2 Å². The smallest absolute Gasteiger partial charge is 0.344 e. The lowest BCUT2D eigenvalue weighted by Crippen LogP contribution is -2.27. The van der Waals surface area contributed by atoms with Crippen LogP contribution in [0.15, 0.2) is 48.5 Å². The molecule has 0 unspecified atom stereocenters. The van der Waals surface area contributed by atoms with Gasteiger partial charge in [0.2, 0.25) is 5.78 Å². The Labute approximate surface area is 160 Å². The van der Waals surface area contributed by atoms with E-state index in [1.807, 2.05) is 24.3 Å². The number of ether oxygens (including phenoxy) is 3. The van der Waals surface area contributed by atoms with Gasteiger partial charge in [-0.05, 0) is 54.3 Å². The Morgan fingerprint density at radius 1 is 0.926 bits per heavy atom. The van der Waals surface area contributed by atoms with Crippen molar-refractivity contribution in [2.75, 3.05) is 13.7 Å². The number of rotatable bonds is 7. The average molecular weight is 370 g/mol. The van der Waals surface area contributed by atoms with Crippen molar-refractivity contribution in [3.05, 3.63) is 59.7 Å². The van der Waals surface area contributed by atoms with Crippen molar-refractivity contribution in [2.45, 2.75) is 39.2 Å². The number of carbonyl (C=O) groups excluding carboxylic acids is 2. The standard InChI is InChI=1S/C22H26O5/c1-15(21(24)16-6-10-18(25-5)11-7-16)27-20(23)14-26-19-12-8-17(9-13-19)22(2,3)4/h6-13,15H,14H2,1-5H3/t15-/m0/s1. The van der Waals surface area contributed by atoms with Gasteiger partial charge in [0.25, 0.3) is 0 Å². The van der Waals surface area contributed by atoms with E-state index in [2.05, 4.69) is 20.8 Å². The fourth-order valence-electron chi connectivity index (χ4n) is 2.47. The highest BCUT2D eigenvalue weighted by molar-refractivity contribution is 6.00. The first-order valence-electron chi connectivity index (χ1n) is 8.82. The molecule has 0 bridgehead atoms. The highest BCUT2D eigenvalue weighted by Crippen LogP contribution is 2.24. The molecule has 0 fully saturated rings. The maximum atomic E-state index is 12.3. The van der Waals surface area contributed by atoms with Crippen LogP contribution in [0, 0.1) is 0 Å². The molecule has 27 heavy (non-hydrogen) atoms. The summed E-state index contributed by atoms with van der Waals surface area (Å²) in [5.41, 5.74) is 1.68. The Morgan fingerprint density at radius 3 is 2.00 bits per heavy atom. The van der Waals surface area contributed by atoms with Crippen molar-refractivity contribution < 1.29 is 23.8 Å². The van der Waals surface area contributed by atoms with Crippen molar-refractivity contribution in [3.63, 3.8) is 0 Å². The summed E-state index contributed by atoms with van der Waals surface area (Å²) in [6, 6.07) is 14.2. The number of methoxy groups -OCH3 is 1. The van der Waals surface area contributed by atoms with Crippen LogP contribution in [0.2, 0.25) is 0 Å². The van der Waals surface area contributed by atoms with Crippen molar-refractivity contribution in [2.24, 2.45) is 0 Å². The number of Topliss-reactive ketones (excluding diaryl/α,β-unsaturated/α-hetero) is 1. The maximum Gasteiger partial charge on any atom is 0.344 e. The van der Waals surface area contributed by atoms with Crippen LogP contribution >= 0.6 is 0 Å². The first kappa shape index (κ1) is 20.5. The Hall–Kier alpha value is -2.82. The minimum atomic E-state index is -0.891. The van der Waals surface area contributed by atoms with E-state index in [1.165, 1.54) is 5.56 Å². The normalized spacial score (nSPS) is 12.2. The minimum absolute atomic E-state index is 0.0503. The molecule has 0 heterocycles. The summed E-state index contributed by atoms with van der Waals surface area (Å²) < 4.78 is 15.7. The van der Waals surface area contributed by atoms with Gasteiger partial charge < -0.3 is 14.2 Å². The zero-order valence-electron chi connectivity index (χ0n) is 16.4. The molecule has 0 amide bonds. The van der Waals surface area contributed by atoms with E-state index >= 15 is 0 Å². The highest BCUT2D eigenvalue weighted by Gasteiger charge is 2.20. The summed E-state index contributed by atoms with van der Waals surface area (Å²) in [6.45, 7) is 7.67. The van der Waals surface area contributed by atoms with E-state index in [-0.39, 0.29) is 17.8 Å². The molecule has 0 spiro atoms. The topological polar surface area (TPSA) is 61.8 Å². The van der Waals surface area contributed by atoms with Crippen molar-refractivity contribution in [1.29, 1.82) is 0 Å². The van der Waals surface area contributed by atoms with Gasteiger partial charge in [-0.15, -0.1) is 0 Å². The molecule has 5 nitrogen and oxygen atoms in total. The third-order valence-corrected chi connectivity index (χ3v) is 4.13. The van der Waals surface area contributed by atoms with E-state index in [9.17, 15) is 9.59 Å². The molecular formula is C22H26O5. The van der Waals surface area contributed by atoms with Gasteiger partial charge in [-0.2, -0.15) is 0 Å². The lowest BCUT2D eigenvalue weighted by atomic mass is 9.87. The third-order valence-electron chi connectivity index (χ3n) is 4.13. The molecule has 0 saturated heterocycles. The van der Waals surface area contributed by atoms with E-state index < -0.39 is 12.1 Å². The second-order valence-corrected chi connectivity index (χ2v) is 7.29. The summed E-state index contributed by atoms with van der Waals surface area (Å²) in [7, 11) is 1.55. The van der Waals surface area contributed by atoms with Crippen LogP contribution in [0.5, 0.6) is 11.5 Å². The fourth-order valence-corrected chi connectivity index (χ4v) is 2.47. The first-order valence-corrected chi connectivity index (χ1v) is 8.82. The number of esters is 1. The van der Waals surface area contributed by atoms with Crippen molar-refractivity contribution in [1.82, 2.24) is 0 Å². The van der Waals surface area contributed by atoms with E-state index in [0.717, 1.165) is 0 Å². The molecule has 5 heteroatoms. The Kier molecular flexibility index (Phi) is 6.61. The molecule has 0 radical (unpaired) electrons. The van der Waals surface area contributed by atoms with Crippen molar-refractivity contribution in [3.8, 4) is 11.5 Å². The van der Waals surface area contributed by atoms with E-state index in [1.54, 1.807) is 38.3 Å². The Bertz CT molecular complexity index is 770. The van der Waals surface area contributed by atoms with Crippen LogP contribution in [0.4, 0.5) is 0 Å². The Morgan fingerprint density at radius 2 is 1.48 bits per heavy atom. The number of hydrogen-bond acceptors (Lipinski definition) is 5. The predicted octanol–water partition coefficient (Wildman–Crippen LogP) is 4.19. The summed E-state index contributed by atoms with van der Waals surface area (Å²) >= 11 is 0. The van der Waals surface area contributed by atoms with Crippen LogP contribution in [0.25, 0.3) is 0 Å². The Balaban J connectivity index is 1.86. The van der Waals surface area contributed by atoms with Gasteiger partial charge in [0, 0.05) is 5.56 Å². The molecule has 2 aromatic carbocycles. The number of hydrogen-bond donors (Lipinski definition) is 0. The predicted molar refractivity (Wildman–Crippen MR) is 104 cm³/mol. The van der Waals surface area contributed by atoms with Gasteiger partial charge in [-0.3, -0.25) is 4.79 Å². The first-order chi connectivity index (χ1) is 12.7. The SMILES string of the molecule is COc1ccc(C(=O)[C@H](C)OC(=O)COc2ccc(C(C)(C)C)cc2)cc1. The maximum absolute atomic E-state index is 12.3. The molecule has 1 atom stereocenters. The highest BCUT2D eigenvalue weighted by atomic mass is 16.6. The van der Waals surface area contributed by atoms with Crippen LogP contribution in [0.1, 0.15) is 43.6 Å². The number of carbonyl (C=O) groups is 2. The molecule has 2 aromatic rings. The molecular weight excluding hydrogens is 344 g/mol. The number of ketones is 1. The number of benzene rings is 2. The van der Waals surface area contributed by atoms with Gasteiger partial charge in [-0.1, -0.05) is 32.9 Å². The summed E-state index contributed by atoms with van der Waals surface area (Å²) in [6.07, 6.45) is -0.891. The molecule has 0 aliphatic rings. The molecule has 0 aliphatic heterocycles. The van der Waals surface area contributed by atoms with Gasteiger partial charge >= 0.3 is 5.97 Å². The lowest BCUT2D eigenvalue weighted by molar-refractivity contribution is -0.148. The summed E-state index contributed by atoms with van der Waals surface area (Å²) in [5.74, 6) is 0.362. The second-order valence-electron chi connectivity index (χ2n) is 7.29. The van der Waals surface area contributed by atoms with Crippen LogP contribution in [-0.2, 0) is 14.9 Å². The molecule has 0 aliphatic carbocycles. The second kappa shape index (κ2) is 8.71. The molecule has 0 aromatic heterocycles. The zero-order chi connectivity index (χ0) is 20.0. The monoisotopic (exact) mass is 370 g/mol.